The predicted molar refractivity (Wildman–Crippen MR) is 156 cm³/mol. The Morgan fingerprint density at radius 3 is 2.30 bits per heavy atom. The first-order valence-electron chi connectivity index (χ1n) is 12.4. The lowest BCUT2D eigenvalue weighted by molar-refractivity contribution is 0.0946. The van der Waals surface area contributed by atoms with E-state index in [-0.39, 0.29) is 30.7 Å². The molecular weight excluding hydrogens is 509 g/mol. The van der Waals surface area contributed by atoms with E-state index in [4.69, 9.17) is 4.74 Å². The summed E-state index contributed by atoms with van der Waals surface area (Å²) < 4.78 is 7.25. The van der Waals surface area contributed by atoms with Gasteiger partial charge in [-0.3, -0.25) is 9.69 Å². The maximum absolute atomic E-state index is 12.8. The number of aromatic nitrogens is 2. The molecule has 1 aliphatic rings. The van der Waals surface area contributed by atoms with Crippen molar-refractivity contribution in [2.24, 2.45) is 0 Å². The van der Waals surface area contributed by atoms with E-state index >= 15 is 0 Å². The quantitative estimate of drug-likeness (QED) is 0.406. The maximum Gasteiger partial charge on any atom is 0.271 e. The summed E-state index contributed by atoms with van der Waals surface area (Å²) in [5.41, 5.74) is 6.38. The van der Waals surface area contributed by atoms with Crippen molar-refractivity contribution in [3.63, 3.8) is 0 Å². The molecule has 0 spiro atoms. The molecule has 1 saturated heterocycles. The molecule has 1 amide bonds. The zero-order chi connectivity index (χ0) is 24.9. The summed E-state index contributed by atoms with van der Waals surface area (Å²) in [5, 5.41) is 3.07. The number of benzene rings is 2. The van der Waals surface area contributed by atoms with Crippen molar-refractivity contribution in [1.82, 2.24) is 19.8 Å². The Morgan fingerprint density at radius 1 is 0.973 bits per heavy atom. The van der Waals surface area contributed by atoms with Crippen LogP contribution in [0.5, 0.6) is 5.75 Å². The molecule has 9 heteroatoms. The van der Waals surface area contributed by atoms with Crippen LogP contribution in [-0.4, -0.2) is 66.7 Å². The van der Waals surface area contributed by atoms with Crippen LogP contribution in [0.2, 0.25) is 0 Å². The van der Waals surface area contributed by atoms with E-state index in [1.807, 2.05) is 42.7 Å². The minimum atomic E-state index is -0.113. The van der Waals surface area contributed by atoms with Gasteiger partial charge in [-0.2, -0.15) is 0 Å². The third-order valence-corrected chi connectivity index (χ3v) is 7.05. The SMILES string of the molecule is COc1ccc(-n2c(C)nc(C(=O)NCCCN3CCN(c4cccc(C)c4C)CC3)c2C)cc1.Cl.Cl. The third-order valence-electron chi connectivity index (χ3n) is 7.05. The van der Waals surface area contributed by atoms with Crippen LogP contribution in [0.15, 0.2) is 42.5 Å². The molecule has 37 heavy (non-hydrogen) atoms. The summed E-state index contributed by atoms with van der Waals surface area (Å²) in [4.78, 5) is 22.4. The highest BCUT2D eigenvalue weighted by Gasteiger charge is 2.20. The van der Waals surface area contributed by atoms with Gasteiger partial charge in [-0.1, -0.05) is 12.1 Å². The van der Waals surface area contributed by atoms with Crippen molar-refractivity contribution >= 4 is 36.4 Å². The van der Waals surface area contributed by atoms with Crippen molar-refractivity contribution in [3.8, 4) is 11.4 Å². The average Bonchev–Trinajstić information content (AvgIpc) is 3.17. The number of methoxy groups -OCH3 is 1. The fraction of sp³-hybridized carbons (Fsp3) is 0.429. The lowest BCUT2D eigenvalue weighted by Crippen LogP contribution is -2.47. The third kappa shape index (κ3) is 6.98. The number of piperazine rings is 1. The largest absolute Gasteiger partial charge is 0.497 e. The molecule has 1 N–H and O–H groups in total. The number of imidazole rings is 1. The molecule has 2 aromatic carbocycles. The Hall–Kier alpha value is -2.74. The number of ether oxygens (including phenoxy) is 1. The zero-order valence-corrected chi connectivity index (χ0v) is 24.0. The van der Waals surface area contributed by atoms with Crippen molar-refractivity contribution in [2.75, 3.05) is 51.3 Å². The number of aryl methyl sites for hydroxylation is 2. The fourth-order valence-electron chi connectivity index (χ4n) is 4.85. The lowest BCUT2D eigenvalue weighted by atomic mass is 10.1. The second-order valence-electron chi connectivity index (χ2n) is 9.28. The topological polar surface area (TPSA) is 62.6 Å². The van der Waals surface area contributed by atoms with Gasteiger partial charge >= 0.3 is 0 Å². The molecule has 2 heterocycles. The summed E-state index contributed by atoms with van der Waals surface area (Å²) >= 11 is 0. The number of halogens is 2. The Balaban J connectivity index is 0.00000241. The van der Waals surface area contributed by atoms with E-state index in [0.29, 0.717) is 12.2 Å². The van der Waals surface area contributed by atoms with E-state index in [9.17, 15) is 4.79 Å². The molecule has 1 aliphatic heterocycles. The van der Waals surface area contributed by atoms with Crippen LogP contribution in [0.1, 0.15) is 39.6 Å². The van der Waals surface area contributed by atoms with Gasteiger partial charge in [0, 0.05) is 44.1 Å². The molecule has 0 aliphatic carbocycles. The second-order valence-corrected chi connectivity index (χ2v) is 9.28. The highest BCUT2D eigenvalue weighted by atomic mass is 35.5. The van der Waals surface area contributed by atoms with Crippen molar-refractivity contribution in [3.05, 3.63) is 70.8 Å². The number of rotatable bonds is 8. The molecule has 0 radical (unpaired) electrons. The van der Waals surface area contributed by atoms with Crippen LogP contribution in [0.4, 0.5) is 5.69 Å². The van der Waals surface area contributed by atoms with Crippen LogP contribution < -0.4 is 15.0 Å². The Labute approximate surface area is 233 Å². The first-order chi connectivity index (χ1) is 16.9. The van der Waals surface area contributed by atoms with E-state index in [1.165, 1.54) is 16.8 Å². The molecular formula is C28H39Cl2N5O2. The normalized spacial score (nSPS) is 13.5. The van der Waals surface area contributed by atoms with Gasteiger partial charge in [0.2, 0.25) is 0 Å². The van der Waals surface area contributed by atoms with Crippen molar-refractivity contribution in [1.29, 1.82) is 0 Å². The Bertz CT molecular complexity index is 1170. The summed E-state index contributed by atoms with van der Waals surface area (Å²) in [5.74, 6) is 1.48. The number of amides is 1. The molecule has 0 saturated carbocycles. The summed E-state index contributed by atoms with van der Waals surface area (Å²) in [6, 6.07) is 14.3. The molecule has 1 aromatic heterocycles. The van der Waals surface area contributed by atoms with Crippen LogP contribution in [-0.2, 0) is 0 Å². The molecule has 3 aromatic rings. The second kappa shape index (κ2) is 13.7. The Morgan fingerprint density at radius 2 is 1.65 bits per heavy atom. The zero-order valence-electron chi connectivity index (χ0n) is 22.4. The monoisotopic (exact) mass is 547 g/mol. The number of nitrogens with zero attached hydrogens (tertiary/aromatic N) is 4. The molecule has 7 nitrogen and oxygen atoms in total. The first-order valence-corrected chi connectivity index (χ1v) is 12.4. The van der Waals surface area contributed by atoms with Gasteiger partial charge < -0.3 is 19.5 Å². The molecule has 202 valence electrons. The minimum absolute atomic E-state index is 0. The van der Waals surface area contributed by atoms with Crippen LogP contribution in [0.3, 0.4) is 0 Å². The van der Waals surface area contributed by atoms with Crippen LogP contribution >= 0.6 is 24.8 Å². The van der Waals surface area contributed by atoms with Crippen LogP contribution in [0.25, 0.3) is 5.69 Å². The summed E-state index contributed by atoms with van der Waals surface area (Å²) in [6.45, 7) is 14.1. The summed E-state index contributed by atoms with van der Waals surface area (Å²) in [7, 11) is 1.65. The molecule has 0 unspecified atom stereocenters. The standard InChI is InChI=1S/C28H37N5O2.2ClH/c1-20-8-6-9-26(21(20)2)32-18-16-31(17-19-32)15-7-14-29-28(34)27-22(3)33(23(4)30-27)24-10-12-25(35-5)13-11-24;;/h6,8-13H,7,14-19H2,1-5H3,(H,29,34);2*1H. The van der Waals surface area contributed by atoms with Gasteiger partial charge in [-0.15, -0.1) is 24.8 Å². The molecule has 0 bridgehead atoms. The predicted octanol–water partition coefficient (Wildman–Crippen LogP) is 4.90. The van der Waals surface area contributed by atoms with Crippen molar-refractivity contribution < 1.29 is 9.53 Å². The number of anilines is 1. The minimum Gasteiger partial charge on any atom is -0.497 e. The molecule has 0 atom stereocenters. The number of nitrogens with one attached hydrogen (secondary N) is 1. The Kier molecular flexibility index (Phi) is 11.3. The average molecular weight is 549 g/mol. The van der Waals surface area contributed by atoms with E-state index in [2.05, 4.69) is 52.1 Å². The van der Waals surface area contributed by atoms with Gasteiger partial charge in [0.05, 0.1) is 12.8 Å². The van der Waals surface area contributed by atoms with Crippen molar-refractivity contribution in [2.45, 2.75) is 34.1 Å². The summed E-state index contributed by atoms with van der Waals surface area (Å²) in [6.07, 6.45) is 0.923. The van der Waals surface area contributed by atoms with E-state index in [0.717, 1.165) is 62.1 Å². The fourth-order valence-corrected chi connectivity index (χ4v) is 4.85. The van der Waals surface area contributed by atoms with Gasteiger partial charge in [-0.05, 0) is 82.1 Å². The van der Waals surface area contributed by atoms with Gasteiger partial charge in [0.15, 0.2) is 0 Å². The number of hydrogen-bond donors (Lipinski definition) is 1. The van der Waals surface area contributed by atoms with Gasteiger partial charge in [0.1, 0.15) is 17.3 Å². The molecule has 4 rings (SSSR count). The highest BCUT2D eigenvalue weighted by molar-refractivity contribution is 5.93. The van der Waals surface area contributed by atoms with Gasteiger partial charge in [-0.25, -0.2) is 4.98 Å². The smallest absolute Gasteiger partial charge is 0.271 e. The van der Waals surface area contributed by atoms with Gasteiger partial charge in [0.25, 0.3) is 5.91 Å². The number of carbonyl (C=O) groups excluding carboxylic acids is 1. The van der Waals surface area contributed by atoms with E-state index < -0.39 is 0 Å². The maximum atomic E-state index is 12.8. The van der Waals surface area contributed by atoms with E-state index in [1.54, 1.807) is 7.11 Å². The highest BCUT2D eigenvalue weighted by Crippen LogP contribution is 2.24. The lowest BCUT2D eigenvalue weighted by Gasteiger charge is -2.37. The number of hydrogen-bond acceptors (Lipinski definition) is 5. The van der Waals surface area contributed by atoms with Crippen LogP contribution in [0, 0.1) is 27.7 Å². The number of carbonyl (C=O) groups is 1. The first kappa shape index (κ1) is 30.5. The molecule has 1 fully saturated rings.